The monoisotopic (exact) mass is 306 g/mol. The standard InChI is InChI=1S/C13H11BrN2O2/c14-10-5-3-7-15-12(10)13(18)16-8-9-4-1-2-6-11(9)17/h1-7,17H,8H2,(H,16,18). The number of carbonyl (C=O) groups excluding carboxylic acids is 1. The van der Waals surface area contributed by atoms with E-state index in [2.05, 4.69) is 26.2 Å². The van der Waals surface area contributed by atoms with E-state index in [1.54, 1.807) is 42.6 Å². The first kappa shape index (κ1) is 12.6. The smallest absolute Gasteiger partial charge is 0.271 e. The van der Waals surface area contributed by atoms with Gasteiger partial charge in [0, 0.05) is 22.8 Å². The van der Waals surface area contributed by atoms with Gasteiger partial charge in [0.25, 0.3) is 5.91 Å². The summed E-state index contributed by atoms with van der Waals surface area (Å²) in [5.74, 6) is -0.122. The largest absolute Gasteiger partial charge is 0.508 e. The van der Waals surface area contributed by atoms with Gasteiger partial charge in [-0.1, -0.05) is 18.2 Å². The van der Waals surface area contributed by atoms with Crippen molar-refractivity contribution in [1.29, 1.82) is 0 Å². The van der Waals surface area contributed by atoms with E-state index in [0.717, 1.165) is 0 Å². The van der Waals surface area contributed by atoms with E-state index in [1.807, 2.05) is 0 Å². The minimum absolute atomic E-state index is 0.165. The zero-order valence-corrected chi connectivity index (χ0v) is 11.0. The number of pyridine rings is 1. The van der Waals surface area contributed by atoms with Crippen molar-refractivity contribution in [2.24, 2.45) is 0 Å². The minimum Gasteiger partial charge on any atom is -0.508 e. The summed E-state index contributed by atoms with van der Waals surface area (Å²) in [6.45, 7) is 0.258. The van der Waals surface area contributed by atoms with Gasteiger partial charge in [0.2, 0.25) is 0 Å². The van der Waals surface area contributed by atoms with E-state index >= 15 is 0 Å². The van der Waals surface area contributed by atoms with Gasteiger partial charge >= 0.3 is 0 Å². The molecule has 0 radical (unpaired) electrons. The van der Waals surface area contributed by atoms with Crippen LogP contribution in [0.4, 0.5) is 0 Å². The first-order valence-electron chi connectivity index (χ1n) is 5.34. The first-order valence-corrected chi connectivity index (χ1v) is 6.13. The third-order valence-electron chi connectivity index (χ3n) is 2.40. The van der Waals surface area contributed by atoms with Gasteiger partial charge < -0.3 is 10.4 Å². The second-order valence-corrected chi connectivity index (χ2v) is 4.50. The number of hydrogen-bond acceptors (Lipinski definition) is 3. The van der Waals surface area contributed by atoms with Crippen LogP contribution in [0.3, 0.4) is 0 Å². The third kappa shape index (κ3) is 2.87. The molecule has 0 aliphatic heterocycles. The molecule has 18 heavy (non-hydrogen) atoms. The Bertz CT molecular complexity index is 572. The maximum Gasteiger partial charge on any atom is 0.271 e. The maximum atomic E-state index is 11.9. The number of nitrogens with zero attached hydrogens (tertiary/aromatic N) is 1. The van der Waals surface area contributed by atoms with Crippen LogP contribution in [0.1, 0.15) is 16.1 Å². The van der Waals surface area contributed by atoms with Gasteiger partial charge in [-0.2, -0.15) is 0 Å². The molecule has 1 aromatic heterocycles. The Kier molecular flexibility index (Phi) is 3.94. The average molecular weight is 307 g/mol. The highest BCUT2D eigenvalue weighted by Crippen LogP contribution is 2.16. The van der Waals surface area contributed by atoms with E-state index < -0.39 is 0 Å². The van der Waals surface area contributed by atoms with Crippen LogP contribution in [0.5, 0.6) is 5.75 Å². The normalized spacial score (nSPS) is 10.1. The molecule has 0 unspecified atom stereocenters. The topological polar surface area (TPSA) is 62.2 Å². The highest BCUT2D eigenvalue weighted by molar-refractivity contribution is 9.10. The molecule has 92 valence electrons. The summed E-state index contributed by atoms with van der Waals surface area (Å²) in [6.07, 6.45) is 1.56. The summed E-state index contributed by atoms with van der Waals surface area (Å²) in [5.41, 5.74) is 0.992. The number of para-hydroxylation sites is 1. The Hall–Kier alpha value is -1.88. The molecule has 0 atom stereocenters. The second kappa shape index (κ2) is 5.64. The van der Waals surface area contributed by atoms with Gasteiger partial charge in [-0.15, -0.1) is 0 Å². The Morgan fingerprint density at radius 3 is 2.78 bits per heavy atom. The number of amides is 1. The van der Waals surface area contributed by atoms with Gasteiger partial charge in [0.15, 0.2) is 0 Å². The lowest BCUT2D eigenvalue weighted by Gasteiger charge is -2.07. The van der Waals surface area contributed by atoms with Crippen molar-refractivity contribution in [1.82, 2.24) is 10.3 Å². The summed E-state index contributed by atoms with van der Waals surface area (Å²) in [6, 6.07) is 10.4. The molecule has 1 aromatic carbocycles. The fourth-order valence-electron chi connectivity index (χ4n) is 1.47. The van der Waals surface area contributed by atoms with Crippen molar-refractivity contribution < 1.29 is 9.90 Å². The lowest BCUT2D eigenvalue weighted by Crippen LogP contribution is -2.24. The van der Waals surface area contributed by atoms with Crippen LogP contribution in [-0.2, 0) is 6.54 Å². The van der Waals surface area contributed by atoms with E-state index in [1.165, 1.54) is 0 Å². The Morgan fingerprint density at radius 1 is 1.28 bits per heavy atom. The number of benzene rings is 1. The number of aromatic hydroxyl groups is 1. The molecule has 0 aliphatic carbocycles. The van der Waals surface area contributed by atoms with Crippen LogP contribution in [0.2, 0.25) is 0 Å². The molecule has 2 aromatic rings. The van der Waals surface area contributed by atoms with E-state index in [-0.39, 0.29) is 18.2 Å². The van der Waals surface area contributed by atoms with E-state index in [4.69, 9.17) is 0 Å². The number of carbonyl (C=O) groups is 1. The van der Waals surface area contributed by atoms with Crippen molar-refractivity contribution in [2.75, 3.05) is 0 Å². The SMILES string of the molecule is O=C(NCc1ccccc1O)c1ncccc1Br. The van der Waals surface area contributed by atoms with Crippen LogP contribution in [0, 0.1) is 0 Å². The highest BCUT2D eigenvalue weighted by Gasteiger charge is 2.11. The van der Waals surface area contributed by atoms with Crippen molar-refractivity contribution in [3.8, 4) is 5.75 Å². The molecule has 0 fully saturated rings. The fraction of sp³-hybridized carbons (Fsp3) is 0.0769. The van der Waals surface area contributed by atoms with Crippen LogP contribution >= 0.6 is 15.9 Å². The Balaban J connectivity index is 2.06. The molecule has 0 spiro atoms. The predicted molar refractivity (Wildman–Crippen MR) is 71.2 cm³/mol. The number of aromatic nitrogens is 1. The molecular formula is C13H11BrN2O2. The Labute approximate surface area is 113 Å². The molecule has 2 rings (SSSR count). The fourth-order valence-corrected chi connectivity index (χ4v) is 1.91. The van der Waals surface area contributed by atoms with Gasteiger partial charge in [0.1, 0.15) is 11.4 Å². The summed E-state index contributed by atoms with van der Waals surface area (Å²) in [4.78, 5) is 15.9. The lowest BCUT2D eigenvalue weighted by molar-refractivity contribution is 0.0945. The van der Waals surface area contributed by atoms with Crippen molar-refractivity contribution >= 4 is 21.8 Å². The third-order valence-corrected chi connectivity index (χ3v) is 3.04. The van der Waals surface area contributed by atoms with E-state index in [0.29, 0.717) is 15.7 Å². The van der Waals surface area contributed by atoms with Crippen molar-refractivity contribution in [2.45, 2.75) is 6.54 Å². The second-order valence-electron chi connectivity index (χ2n) is 3.65. The van der Waals surface area contributed by atoms with Crippen molar-refractivity contribution in [3.05, 3.63) is 58.3 Å². The summed E-state index contributed by atoms with van der Waals surface area (Å²) in [5, 5.41) is 12.3. The summed E-state index contributed by atoms with van der Waals surface area (Å²) < 4.78 is 0.639. The van der Waals surface area contributed by atoms with Crippen LogP contribution in [0.15, 0.2) is 47.1 Å². The zero-order valence-electron chi connectivity index (χ0n) is 9.43. The molecule has 0 bridgehead atoms. The van der Waals surface area contributed by atoms with Crippen LogP contribution < -0.4 is 5.32 Å². The maximum absolute atomic E-state index is 11.9. The molecular weight excluding hydrogens is 296 g/mol. The molecule has 1 heterocycles. The molecule has 0 saturated heterocycles. The molecule has 5 heteroatoms. The molecule has 1 amide bonds. The Morgan fingerprint density at radius 2 is 2.06 bits per heavy atom. The number of halogens is 1. The highest BCUT2D eigenvalue weighted by atomic mass is 79.9. The van der Waals surface area contributed by atoms with E-state index in [9.17, 15) is 9.90 Å². The molecule has 2 N–H and O–H groups in total. The van der Waals surface area contributed by atoms with Gasteiger partial charge in [0.05, 0.1) is 0 Å². The van der Waals surface area contributed by atoms with Crippen LogP contribution in [0.25, 0.3) is 0 Å². The minimum atomic E-state index is -0.286. The van der Waals surface area contributed by atoms with Crippen molar-refractivity contribution in [3.63, 3.8) is 0 Å². The number of phenols is 1. The van der Waals surface area contributed by atoms with Gasteiger partial charge in [-0.3, -0.25) is 4.79 Å². The van der Waals surface area contributed by atoms with Gasteiger partial charge in [-0.25, -0.2) is 4.98 Å². The number of hydrogen-bond donors (Lipinski definition) is 2. The number of nitrogens with one attached hydrogen (secondary N) is 1. The predicted octanol–water partition coefficient (Wildman–Crippen LogP) is 2.48. The molecule has 0 aliphatic rings. The summed E-state index contributed by atoms with van der Waals surface area (Å²) in [7, 11) is 0. The van der Waals surface area contributed by atoms with Crippen LogP contribution in [-0.4, -0.2) is 16.0 Å². The lowest BCUT2D eigenvalue weighted by atomic mass is 10.2. The first-order chi connectivity index (χ1) is 8.68. The number of rotatable bonds is 3. The quantitative estimate of drug-likeness (QED) is 0.916. The van der Waals surface area contributed by atoms with Gasteiger partial charge in [-0.05, 0) is 34.1 Å². The molecule has 0 saturated carbocycles. The zero-order chi connectivity index (χ0) is 13.0. The summed E-state index contributed by atoms with van der Waals surface area (Å²) >= 11 is 3.26. The average Bonchev–Trinajstić information content (AvgIpc) is 2.38. The molecule has 4 nitrogen and oxygen atoms in total. The number of phenolic OH excluding ortho intramolecular Hbond substituents is 1.